The molecule has 0 atom stereocenters. The zero-order valence-corrected chi connectivity index (χ0v) is 11.4. The molecule has 2 rings (SSSR count). The summed E-state index contributed by atoms with van der Waals surface area (Å²) in [6, 6.07) is 5.99. The Bertz CT molecular complexity index is 507. The second-order valence-corrected chi connectivity index (χ2v) is 5.61. The van der Waals surface area contributed by atoms with Gasteiger partial charge in [0.2, 0.25) is 0 Å². The summed E-state index contributed by atoms with van der Waals surface area (Å²) >= 11 is 8.59. The first-order chi connectivity index (χ1) is 7.24. The first kappa shape index (κ1) is 11.1. The third-order valence-electron chi connectivity index (χ3n) is 1.94. The van der Waals surface area contributed by atoms with Crippen molar-refractivity contribution >= 4 is 59.8 Å². The van der Waals surface area contributed by atoms with Crippen molar-refractivity contribution < 1.29 is 9.53 Å². The van der Waals surface area contributed by atoms with Crippen LogP contribution in [-0.2, 0) is 16.1 Å². The second-order valence-electron chi connectivity index (χ2n) is 2.82. The topological polar surface area (TPSA) is 26.3 Å². The summed E-state index contributed by atoms with van der Waals surface area (Å²) in [5.74, 6) is 0. The molecule has 0 spiro atoms. The largest absolute Gasteiger partial charge is 0.452 e. The molecule has 0 fully saturated rings. The average Bonchev–Trinajstić information content (AvgIpc) is 2.54. The van der Waals surface area contributed by atoms with Crippen LogP contribution < -0.4 is 0 Å². The fourth-order valence-electron chi connectivity index (χ4n) is 1.31. The van der Waals surface area contributed by atoms with Crippen molar-refractivity contribution in [2.75, 3.05) is 0 Å². The Labute approximate surface area is 107 Å². The van der Waals surface area contributed by atoms with Gasteiger partial charge in [-0.2, -0.15) is 0 Å². The molecule has 1 radical (unpaired) electrons. The molecule has 0 amide bonds. The number of hydrogen-bond acceptors (Lipinski definition) is 3. The molecule has 0 bridgehead atoms. The third-order valence-corrected chi connectivity index (χ3v) is 4.86. The van der Waals surface area contributed by atoms with Crippen LogP contribution in [0.5, 0.6) is 0 Å². The van der Waals surface area contributed by atoms with Crippen LogP contribution in [0.15, 0.2) is 27.1 Å². The summed E-state index contributed by atoms with van der Waals surface area (Å²) in [5.41, 5.74) is 0. The highest BCUT2D eigenvalue weighted by Crippen LogP contribution is 2.39. The normalized spacial score (nSPS) is 10.5. The molecule has 0 saturated heterocycles. The van der Waals surface area contributed by atoms with Crippen LogP contribution in [0.4, 0.5) is 0 Å². The number of rotatable bonds is 3. The zero-order chi connectivity index (χ0) is 10.8. The van der Waals surface area contributed by atoms with Gasteiger partial charge in [0.05, 0.1) is 4.88 Å². The number of halogens is 2. The molecule has 1 aromatic heterocycles. The molecule has 2 aromatic rings. The maximum Gasteiger partial charge on any atom is 0.417 e. The van der Waals surface area contributed by atoms with Crippen LogP contribution in [0, 0.1) is 0 Å². The van der Waals surface area contributed by atoms with Crippen molar-refractivity contribution in [3.8, 4) is 0 Å². The van der Waals surface area contributed by atoms with Crippen molar-refractivity contribution in [1.29, 1.82) is 0 Å². The van der Waals surface area contributed by atoms with Crippen molar-refractivity contribution in [3.05, 3.63) is 32.0 Å². The van der Waals surface area contributed by atoms with Gasteiger partial charge in [-0.15, -0.1) is 11.3 Å². The van der Waals surface area contributed by atoms with Gasteiger partial charge in [0.15, 0.2) is 0 Å². The van der Waals surface area contributed by atoms with Gasteiger partial charge in [-0.1, -0.05) is 22.0 Å². The molecule has 0 unspecified atom stereocenters. The lowest BCUT2D eigenvalue weighted by atomic mass is 10.2. The zero-order valence-electron chi connectivity index (χ0n) is 7.42. The highest BCUT2D eigenvalue weighted by molar-refractivity contribution is 9.11. The van der Waals surface area contributed by atoms with E-state index in [9.17, 15) is 4.79 Å². The molecular weight excluding hydrogens is 344 g/mol. The van der Waals surface area contributed by atoms with Crippen LogP contribution in [0.1, 0.15) is 4.88 Å². The molecule has 0 aliphatic rings. The van der Waals surface area contributed by atoms with E-state index in [1.54, 1.807) is 11.3 Å². The summed E-state index contributed by atoms with van der Waals surface area (Å²) in [6.07, 6.45) is 0. The Balaban J connectivity index is 2.54. The lowest BCUT2D eigenvalue weighted by Crippen LogP contribution is -1.86. The van der Waals surface area contributed by atoms with Crippen LogP contribution in [0.2, 0.25) is 0 Å². The fourth-order valence-corrected chi connectivity index (χ4v) is 4.22. The van der Waals surface area contributed by atoms with E-state index in [2.05, 4.69) is 36.6 Å². The lowest BCUT2D eigenvalue weighted by Gasteiger charge is -1.95. The van der Waals surface area contributed by atoms with E-state index in [0.29, 0.717) is 0 Å². The number of carbonyl (C=O) groups excluding carboxylic acids is 1. The predicted octanol–water partition coefficient (Wildman–Crippen LogP) is 4.01. The minimum Gasteiger partial charge on any atom is -0.452 e. The summed E-state index contributed by atoms with van der Waals surface area (Å²) < 4.78 is 7.79. The number of thiophene rings is 1. The quantitative estimate of drug-likeness (QED) is 0.837. The molecule has 0 aliphatic carbocycles. The minimum atomic E-state index is 0.260. The Kier molecular flexibility index (Phi) is 3.43. The Hall–Kier alpha value is -0.390. The number of fused-ring (bicyclic) bond motifs is 1. The van der Waals surface area contributed by atoms with E-state index in [4.69, 9.17) is 0 Å². The van der Waals surface area contributed by atoms with Gasteiger partial charge < -0.3 is 4.74 Å². The van der Waals surface area contributed by atoms with E-state index in [1.807, 2.05) is 18.2 Å². The van der Waals surface area contributed by atoms with Gasteiger partial charge in [-0.25, -0.2) is 4.79 Å². The number of ether oxygens (including phenoxy) is 1. The van der Waals surface area contributed by atoms with Crippen LogP contribution in [-0.4, -0.2) is 6.47 Å². The Morgan fingerprint density at radius 2 is 2.20 bits per heavy atom. The van der Waals surface area contributed by atoms with E-state index in [-0.39, 0.29) is 6.61 Å². The standard InChI is InChI=1S/C10H5Br2O2S/c11-6-2-1-3-7-9(6)10(12)8(15-7)4-14-5-13/h1-3H,4H2. The van der Waals surface area contributed by atoms with E-state index >= 15 is 0 Å². The maximum absolute atomic E-state index is 10.0. The highest BCUT2D eigenvalue weighted by atomic mass is 79.9. The van der Waals surface area contributed by atoms with Crippen LogP contribution in [0.25, 0.3) is 10.1 Å². The summed E-state index contributed by atoms with van der Waals surface area (Å²) in [5, 5.41) is 1.12. The third kappa shape index (κ3) is 2.09. The van der Waals surface area contributed by atoms with E-state index in [0.717, 1.165) is 23.9 Å². The van der Waals surface area contributed by atoms with Crippen LogP contribution in [0.3, 0.4) is 0 Å². The molecular formula is C10H5Br2O2S. The van der Waals surface area contributed by atoms with Gasteiger partial charge in [0.1, 0.15) is 6.61 Å². The first-order valence-electron chi connectivity index (χ1n) is 4.08. The molecule has 1 aromatic carbocycles. The second kappa shape index (κ2) is 4.63. The molecule has 5 heteroatoms. The van der Waals surface area contributed by atoms with Gasteiger partial charge >= 0.3 is 6.47 Å². The van der Waals surface area contributed by atoms with Gasteiger partial charge in [-0.3, -0.25) is 0 Å². The summed E-state index contributed by atoms with van der Waals surface area (Å²) in [4.78, 5) is 11.0. The van der Waals surface area contributed by atoms with Crippen molar-refractivity contribution in [2.24, 2.45) is 0 Å². The number of benzene rings is 1. The molecule has 0 N–H and O–H groups in total. The minimum absolute atomic E-state index is 0.260. The highest BCUT2D eigenvalue weighted by Gasteiger charge is 2.12. The summed E-state index contributed by atoms with van der Waals surface area (Å²) in [6.45, 7) is 1.69. The van der Waals surface area contributed by atoms with Crippen molar-refractivity contribution in [3.63, 3.8) is 0 Å². The number of hydrogen-bond donors (Lipinski definition) is 0. The molecule has 0 saturated carbocycles. The van der Waals surface area contributed by atoms with Crippen LogP contribution >= 0.6 is 43.2 Å². The predicted molar refractivity (Wildman–Crippen MR) is 67.7 cm³/mol. The average molecular weight is 349 g/mol. The van der Waals surface area contributed by atoms with E-state index in [1.165, 1.54) is 6.47 Å². The van der Waals surface area contributed by atoms with Gasteiger partial charge in [0.25, 0.3) is 0 Å². The Morgan fingerprint density at radius 1 is 1.40 bits per heavy atom. The van der Waals surface area contributed by atoms with Gasteiger partial charge in [0, 0.05) is 19.0 Å². The molecule has 0 aliphatic heterocycles. The molecule has 2 nitrogen and oxygen atoms in total. The van der Waals surface area contributed by atoms with Crippen molar-refractivity contribution in [2.45, 2.75) is 6.61 Å². The lowest BCUT2D eigenvalue weighted by molar-refractivity contribution is 0.269. The van der Waals surface area contributed by atoms with E-state index < -0.39 is 0 Å². The monoisotopic (exact) mass is 347 g/mol. The molecule has 1 heterocycles. The fraction of sp³-hybridized carbons (Fsp3) is 0.100. The smallest absolute Gasteiger partial charge is 0.417 e. The first-order valence-corrected chi connectivity index (χ1v) is 6.48. The van der Waals surface area contributed by atoms with Crippen molar-refractivity contribution in [1.82, 2.24) is 0 Å². The maximum atomic E-state index is 10.0. The molecule has 77 valence electrons. The Morgan fingerprint density at radius 3 is 2.87 bits per heavy atom. The summed E-state index contributed by atoms with van der Waals surface area (Å²) in [7, 11) is 0. The molecule has 15 heavy (non-hydrogen) atoms. The van der Waals surface area contributed by atoms with Gasteiger partial charge in [-0.05, 0) is 28.1 Å². The SMILES string of the molecule is O=[C]OCc1sc2cccc(Br)c2c1Br.